The van der Waals surface area contributed by atoms with E-state index in [1.165, 1.54) is 0 Å². The van der Waals surface area contributed by atoms with E-state index in [1.54, 1.807) is 27.6 Å². The van der Waals surface area contributed by atoms with Crippen molar-refractivity contribution in [3.63, 3.8) is 0 Å². The molecular formula is C15H19ClN4O2. The number of carboxylic acids is 1. The maximum atomic E-state index is 11.4. The van der Waals surface area contributed by atoms with Crippen LogP contribution in [0.5, 0.6) is 0 Å². The van der Waals surface area contributed by atoms with Crippen LogP contribution >= 0.6 is 11.6 Å². The van der Waals surface area contributed by atoms with E-state index >= 15 is 0 Å². The first kappa shape index (κ1) is 15.3. The van der Waals surface area contributed by atoms with Crippen LogP contribution in [0.4, 0.5) is 0 Å². The van der Waals surface area contributed by atoms with E-state index in [-0.39, 0.29) is 5.69 Å². The third kappa shape index (κ3) is 2.95. The van der Waals surface area contributed by atoms with Gasteiger partial charge >= 0.3 is 0 Å². The highest BCUT2D eigenvalue weighted by Crippen LogP contribution is 2.18. The Morgan fingerprint density at radius 2 is 2.14 bits per heavy atom. The van der Waals surface area contributed by atoms with Gasteiger partial charge in [-0.1, -0.05) is 11.6 Å². The van der Waals surface area contributed by atoms with E-state index in [4.69, 9.17) is 11.6 Å². The summed E-state index contributed by atoms with van der Waals surface area (Å²) >= 11 is 6.03. The molecule has 1 fully saturated rings. The number of hydrogen-bond donors (Lipinski definition) is 1. The summed E-state index contributed by atoms with van der Waals surface area (Å²) < 4.78 is 1.76. The fraction of sp³-hybridized carbons (Fsp3) is 0.467. The highest BCUT2D eigenvalue weighted by Gasteiger charge is 2.22. The molecule has 1 saturated heterocycles. The number of nitrogens with zero attached hydrogens (tertiary/aromatic N) is 3. The van der Waals surface area contributed by atoms with Gasteiger partial charge in [0.15, 0.2) is 0 Å². The van der Waals surface area contributed by atoms with E-state index in [2.05, 4.69) is 16.8 Å². The van der Waals surface area contributed by atoms with Crippen molar-refractivity contribution in [1.29, 1.82) is 0 Å². The number of likely N-dealkylation sites (N-methyl/N-ethyl adjacent to an activating group) is 1. The highest BCUT2D eigenvalue weighted by molar-refractivity contribution is 6.30. The lowest BCUT2D eigenvalue weighted by atomic mass is 10.2. The van der Waals surface area contributed by atoms with Crippen LogP contribution in [0.1, 0.15) is 23.1 Å². The number of aromatic nitrogens is 2. The van der Waals surface area contributed by atoms with Crippen LogP contribution in [0.15, 0.2) is 18.3 Å². The summed E-state index contributed by atoms with van der Waals surface area (Å²) in [6.07, 6.45) is 1.71. The molecular weight excluding hydrogens is 304 g/mol. The molecule has 2 aromatic heterocycles. The van der Waals surface area contributed by atoms with Crippen molar-refractivity contribution < 1.29 is 14.8 Å². The van der Waals surface area contributed by atoms with Crippen LogP contribution in [-0.2, 0) is 6.54 Å². The number of carboxylic acid groups (broad SMARTS) is 1. The van der Waals surface area contributed by atoms with Gasteiger partial charge in [-0.3, -0.25) is 4.90 Å². The van der Waals surface area contributed by atoms with E-state index in [9.17, 15) is 9.90 Å². The molecule has 0 amide bonds. The lowest BCUT2D eigenvalue weighted by molar-refractivity contribution is -0.902. The maximum Gasteiger partial charge on any atom is 0.137 e. The standard InChI is InChI=1S/C15H19ClN4O2/c1-2-18-5-7-19(8-6-18)10-12-14(15(21)22)17-13-4-3-11(16)9-20(12)13/h3-4,9H,2,5-8,10H2,1H3,(H,21,22). The first-order chi connectivity index (χ1) is 10.6. The summed E-state index contributed by atoms with van der Waals surface area (Å²) in [5.74, 6) is -1.24. The molecule has 7 heteroatoms. The van der Waals surface area contributed by atoms with Crippen LogP contribution in [0.2, 0.25) is 5.02 Å². The van der Waals surface area contributed by atoms with Gasteiger partial charge in [0, 0.05) is 25.8 Å². The van der Waals surface area contributed by atoms with Crippen molar-refractivity contribution >= 4 is 23.2 Å². The van der Waals surface area contributed by atoms with Crippen molar-refractivity contribution in [2.24, 2.45) is 0 Å². The summed E-state index contributed by atoms with van der Waals surface area (Å²) in [4.78, 5) is 19.4. The Balaban J connectivity index is 1.90. The number of pyridine rings is 1. The summed E-state index contributed by atoms with van der Waals surface area (Å²) in [6, 6.07) is 3.42. The minimum absolute atomic E-state index is 0.00698. The molecule has 0 saturated carbocycles. The summed E-state index contributed by atoms with van der Waals surface area (Å²) in [5, 5.41) is 11.9. The molecule has 3 heterocycles. The zero-order chi connectivity index (χ0) is 15.7. The lowest BCUT2D eigenvalue weighted by Gasteiger charge is -2.31. The van der Waals surface area contributed by atoms with E-state index in [1.807, 2.05) is 0 Å². The molecule has 0 aliphatic carbocycles. The number of carbonyl (C=O) groups is 1. The molecule has 6 nitrogen and oxygen atoms in total. The second-order valence-corrected chi connectivity index (χ2v) is 6.09. The molecule has 0 spiro atoms. The first-order valence-electron chi connectivity index (χ1n) is 7.52. The number of carbonyl (C=O) groups excluding carboxylic acids is 1. The molecule has 0 atom stereocenters. The third-order valence-electron chi connectivity index (χ3n) is 4.31. The molecule has 118 valence electrons. The normalized spacial score (nSPS) is 17.2. The van der Waals surface area contributed by atoms with Gasteiger partial charge in [-0.15, -0.1) is 0 Å². The fourth-order valence-corrected chi connectivity index (χ4v) is 3.14. The van der Waals surface area contributed by atoms with Crippen molar-refractivity contribution in [2.45, 2.75) is 13.5 Å². The topological polar surface area (TPSA) is 65.1 Å². The van der Waals surface area contributed by atoms with E-state index < -0.39 is 5.97 Å². The molecule has 22 heavy (non-hydrogen) atoms. The zero-order valence-electron chi connectivity index (χ0n) is 12.5. The number of piperazine rings is 1. The minimum Gasteiger partial charge on any atom is -0.543 e. The van der Waals surface area contributed by atoms with Gasteiger partial charge < -0.3 is 19.2 Å². The summed E-state index contributed by atoms with van der Waals surface area (Å²) in [5.41, 5.74) is 1.22. The number of aromatic carboxylic acids is 1. The number of quaternary nitrogens is 1. The van der Waals surface area contributed by atoms with Crippen LogP contribution in [-0.4, -0.2) is 53.0 Å². The van der Waals surface area contributed by atoms with Gasteiger partial charge in [-0.05, 0) is 19.1 Å². The zero-order valence-corrected chi connectivity index (χ0v) is 13.3. The molecule has 1 aliphatic rings. The van der Waals surface area contributed by atoms with Gasteiger partial charge in [0.05, 0.1) is 36.3 Å². The Bertz CT molecular complexity index is 692. The molecule has 1 aliphatic heterocycles. The summed E-state index contributed by atoms with van der Waals surface area (Å²) in [7, 11) is 0. The molecule has 2 aromatic rings. The van der Waals surface area contributed by atoms with Crippen LogP contribution < -0.4 is 10.0 Å². The van der Waals surface area contributed by atoms with E-state index in [0.29, 0.717) is 22.9 Å². The quantitative estimate of drug-likeness (QED) is 0.790. The minimum atomic E-state index is -1.24. The van der Waals surface area contributed by atoms with Crippen molar-refractivity contribution in [1.82, 2.24) is 14.3 Å². The second kappa shape index (κ2) is 6.24. The predicted octanol–water partition coefficient (Wildman–Crippen LogP) is -0.928. The third-order valence-corrected chi connectivity index (χ3v) is 4.53. The highest BCUT2D eigenvalue weighted by atomic mass is 35.5. The average Bonchev–Trinajstić information content (AvgIpc) is 2.86. The van der Waals surface area contributed by atoms with Crippen LogP contribution in [0, 0.1) is 0 Å². The number of fused-ring (bicyclic) bond motifs is 1. The van der Waals surface area contributed by atoms with Gasteiger partial charge in [0.2, 0.25) is 0 Å². The number of imidazole rings is 1. The molecule has 0 unspecified atom stereocenters. The SMILES string of the molecule is CC[NH+]1CCN(Cc2c(C(=O)[O-])nc3ccc(Cl)cn23)CC1. The Hall–Kier alpha value is -1.63. The Morgan fingerprint density at radius 1 is 1.41 bits per heavy atom. The average molecular weight is 323 g/mol. The van der Waals surface area contributed by atoms with E-state index in [0.717, 1.165) is 32.7 Å². The maximum absolute atomic E-state index is 11.4. The largest absolute Gasteiger partial charge is 0.543 e. The number of rotatable bonds is 4. The second-order valence-electron chi connectivity index (χ2n) is 5.65. The van der Waals surface area contributed by atoms with Crippen molar-refractivity contribution in [2.75, 3.05) is 32.7 Å². The van der Waals surface area contributed by atoms with Crippen LogP contribution in [0.3, 0.4) is 0 Å². The van der Waals surface area contributed by atoms with Gasteiger partial charge in [-0.2, -0.15) is 0 Å². The van der Waals surface area contributed by atoms with Crippen molar-refractivity contribution in [3.05, 3.63) is 34.7 Å². The number of nitrogens with one attached hydrogen (secondary N) is 1. The monoisotopic (exact) mass is 322 g/mol. The smallest absolute Gasteiger partial charge is 0.137 e. The first-order valence-corrected chi connectivity index (χ1v) is 7.90. The van der Waals surface area contributed by atoms with Gasteiger partial charge in [0.25, 0.3) is 0 Å². The van der Waals surface area contributed by atoms with Crippen molar-refractivity contribution in [3.8, 4) is 0 Å². The number of halogens is 1. The molecule has 0 bridgehead atoms. The molecule has 0 radical (unpaired) electrons. The van der Waals surface area contributed by atoms with Crippen LogP contribution in [0.25, 0.3) is 5.65 Å². The Kier molecular flexibility index (Phi) is 4.33. The van der Waals surface area contributed by atoms with Gasteiger partial charge in [-0.25, -0.2) is 4.98 Å². The molecule has 3 rings (SSSR count). The fourth-order valence-electron chi connectivity index (χ4n) is 2.97. The Morgan fingerprint density at radius 3 is 2.77 bits per heavy atom. The predicted molar refractivity (Wildman–Crippen MR) is 81.0 cm³/mol. The Labute approximate surface area is 133 Å². The lowest BCUT2D eigenvalue weighted by Crippen LogP contribution is -3.14. The molecule has 0 aromatic carbocycles. The summed E-state index contributed by atoms with van der Waals surface area (Å²) in [6.45, 7) is 7.91. The van der Waals surface area contributed by atoms with Gasteiger partial charge in [0.1, 0.15) is 11.3 Å². The number of hydrogen-bond acceptors (Lipinski definition) is 4. The molecule has 1 N–H and O–H groups in total.